The fourth-order valence-electron chi connectivity index (χ4n) is 3.23. The van der Waals surface area contributed by atoms with Crippen LogP contribution in [0.1, 0.15) is 62.3 Å². The highest BCUT2D eigenvalue weighted by Gasteiger charge is 2.42. The minimum Gasteiger partial charge on any atom is -0.370 e. The van der Waals surface area contributed by atoms with Gasteiger partial charge in [0, 0.05) is 30.6 Å². The van der Waals surface area contributed by atoms with Crippen molar-refractivity contribution in [2.45, 2.75) is 65.5 Å². The maximum atomic E-state index is 5.93. The van der Waals surface area contributed by atoms with Crippen molar-refractivity contribution in [2.75, 3.05) is 14.2 Å². The van der Waals surface area contributed by atoms with Gasteiger partial charge in [0.05, 0.1) is 0 Å². The first-order valence-electron chi connectivity index (χ1n) is 7.88. The summed E-state index contributed by atoms with van der Waals surface area (Å²) in [5, 5.41) is 3.19. The van der Waals surface area contributed by atoms with Crippen molar-refractivity contribution in [1.82, 2.24) is 15.3 Å². The Bertz CT molecular complexity index is 478. The van der Waals surface area contributed by atoms with Crippen molar-refractivity contribution in [1.29, 1.82) is 0 Å². The van der Waals surface area contributed by atoms with Gasteiger partial charge in [0.25, 0.3) is 0 Å². The van der Waals surface area contributed by atoms with Gasteiger partial charge in [0.15, 0.2) is 5.82 Å². The van der Waals surface area contributed by atoms with Gasteiger partial charge in [0.2, 0.25) is 0 Å². The summed E-state index contributed by atoms with van der Waals surface area (Å²) in [6.07, 6.45) is 4.31. The van der Waals surface area contributed by atoms with Crippen molar-refractivity contribution >= 4 is 0 Å². The van der Waals surface area contributed by atoms with Crippen LogP contribution >= 0.6 is 0 Å². The zero-order chi connectivity index (χ0) is 15.7. The van der Waals surface area contributed by atoms with Crippen LogP contribution in [0.4, 0.5) is 0 Å². The summed E-state index contributed by atoms with van der Waals surface area (Å²) in [4.78, 5) is 9.58. The maximum absolute atomic E-state index is 5.93. The quantitative estimate of drug-likeness (QED) is 0.925. The van der Waals surface area contributed by atoms with Crippen LogP contribution in [-0.4, -0.2) is 24.1 Å². The molecule has 0 saturated heterocycles. The SMILES string of the molecule is CNCc1c(C)nc(C2(OC)CCC(C)(C)CC2)nc1C. The van der Waals surface area contributed by atoms with Crippen molar-refractivity contribution in [3.05, 3.63) is 22.8 Å². The Balaban J connectivity index is 2.35. The summed E-state index contributed by atoms with van der Waals surface area (Å²) in [6.45, 7) is 9.62. The second-order valence-electron chi connectivity index (χ2n) is 7.09. The highest BCUT2D eigenvalue weighted by Crippen LogP contribution is 2.46. The van der Waals surface area contributed by atoms with Gasteiger partial charge in [-0.05, 0) is 52.0 Å². The number of nitrogens with one attached hydrogen (secondary N) is 1. The molecule has 1 heterocycles. The average Bonchev–Trinajstić information content (AvgIpc) is 2.43. The van der Waals surface area contributed by atoms with E-state index in [1.165, 1.54) is 5.56 Å². The molecule has 1 saturated carbocycles. The van der Waals surface area contributed by atoms with Crippen molar-refractivity contribution in [3.63, 3.8) is 0 Å². The van der Waals surface area contributed by atoms with E-state index in [9.17, 15) is 0 Å². The average molecular weight is 291 g/mol. The normalized spacial score (nSPS) is 20.5. The molecule has 0 aliphatic heterocycles. The van der Waals surface area contributed by atoms with Gasteiger partial charge in [0.1, 0.15) is 5.60 Å². The Hall–Kier alpha value is -1.00. The van der Waals surface area contributed by atoms with Crippen LogP contribution in [0.15, 0.2) is 0 Å². The molecular weight excluding hydrogens is 262 g/mol. The third-order valence-corrected chi connectivity index (χ3v) is 4.98. The first-order valence-corrected chi connectivity index (χ1v) is 7.88. The number of nitrogens with zero attached hydrogens (tertiary/aromatic N) is 2. The van der Waals surface area contributed by atoms with Gasteiger partial charge in [-0.1, -0.05) is 13.8 Å². The lowest BCUT2D eigenvalue weighted by Crippen LogP contribution is -2.38. The molecule has 0 atom stereocenters. The van der Waals surface area contributed by atoms with E-state index in [1.54, 1.807) is 7.11 Å². The van der Waals surface area contributed by atoms with Gasteiger partial charge in [-0.2, -0.15) is 0 Å². The highest BCUT2D eigenvalue weighted by atomic mass is 16.5. The Labute approximate surface area is 128 Å². The molecule has 0 spiro atoms. The molecule has 4 nitrogen and oxygen atoms in total. The van der Waals surface area contributed by atoms with Crippen LogP contribution in [0.5, 0.6) is 0 Å². The molecule has 1 N–H and O–H groups in total. The van der Waals surface area contributed by atoms with E-state index in [0.29, 0.717) is 5.41 Å². The summed E-state index contributed by atoms with van der Waals surface area (Å²) in [7, 11) is 3.75. The van der Waals surface area contributed by atoms with Crippen molar-refractivity contribution in [3.8, 4) is 0 Å². The molecule has 0 aromatic carbocycles. The molecule has 1 aromatic rings. The van der Waals surface area contributed by atoms with Crippen LogP contribution < -0.4 is 5.32 Å². The smallest absolute Gasteiger partial charge is 0.160 e. The number of aromatic nitrogens is 2. The number of methoxy groups -OCH3 is 1. The number of hydrogen-bond acceptors (Lipinski definition) is 4. The zero-order valence-electron chi connectivity index (χ0n) is 14.3. The fraction of sp³-hybridized carbons (Fsp3) is 0.765. The van der Waals surface area contributed by atoms with E-state index in [2.05, 4.69) is 33.0 Å². The molecule has 4 heteroatoms. The van der Waals surface area contributed by atoms with E-state index < -0.39 is 0 Å². The van der Waals surface area contributed by atoms with Gasteiger partial charge in [-0.15, -0.1) is 0 Å². The summed E-state index contributed by atoms with van der Waals surface area (Å²) < 4.78 is 5.93. The minimum atomic E-state index is -0.302. The first kappa shape index (κ1) is 16.4. The minimum absolute atomic E-state index is 0.302. The maximum Gasteiger partial charge on any atom is 0.160 e. The predicted octanol–water partition coefficient (Wildman–Crippen LogP) is 3.25. The molecule has 21 heavy (non-hydrogen) atoms. The number of aryl methyl sites for hydroxylation is 2. The Kier molecular flexibility index (Phi) is 4.69. The molecule has 118 valence electrons. The van der Waals surface area contributed by atoms with E-state index in [0.717, 1.165) is 49.4 Å². The zero-order valence-corrected chi connectivity index (χ0v) is 14.3. The third-order valence-electron chi connectivity index (χ3n) is 4.98. The van der Waals surface area contributed by atoms with Crippen molar-refractivity contribution < 1.29 is 4.74 Å². The number of rotatable bonds is 4. The van der Waals surface area contributed by atoms with Crippen LogP contribution in [0.3, 0.4) is 0 Å². The van der Waals surface area contributed by atoms with E-state index in [-0.39, 0.29) is 5.60 Å². The van der Waals surface area contributed by atoms with E-state index >= 15 is 0 Å². The molecule has 1 fully saturated rings. The lowest BCUT2D eigenvalue weighted by atomic mass is 9.70. The molecule has 0 amide bonds. The standard InChI is InChI=1S/C17H29N3O/c1-12-14(11-18-5)13(2)20-15(19-12)17(21-6)9-7-16(3,4)8-10-17/h18H,7-11H2,1-6H3. The second kappa shape index (κ2) is 6.01. The van der Waals surface area contributed by atoms with Crippen LogP contribution in [0, 0.1) is 19.3 Å². The van der Waals surface area contributed by atoms with Gasteiger partial charge >= 0.3 is 0 Å². The van der Waals surface area contributed by atoms with Gasteiger partial charge in [-0.3, -0.25) is 0 Å². The molecule has 2 rings (SSSR count). The predicted molar refractivity (Wildman–Crippen MR) is 85.2 cm³/mol. The van der Waals surface area contributed by atoms with E-state index in [4.69, 9.17) is 14.7 Å². The molecule has 0 unspecified atom stereocenters. The molecule has 0 bridgehead atoms. The molecular formula is C17H29N3O. The monoisotopic (exact) mass is 291 g/mol. The van der Waals surface area contributed by atoms with Crippen LogP contribution in [0.2, 0.25) is 0 Å². The highest BCUT2D eigenvalue weighted by molar-refractivity contribution is 5.26. The largest absolute Gasteiger partial charge is 0.370 e. The topological polar surface area (TPSA) is 47.0 Å². The van der Waals surface area contributed by atoms with Gasteiger partial charge < -0.3 is 10.1 Å². The number of ether oxygens (including phenoxy) is 1. The Morgan fingerprint density at radius 2 is 1.57 bits per heavy atom. The lowest BCUT2D eigenvalue weighted by molar-refractivity contribution is -0.0731. The Morgan fingerprint density at radius 1 is 1.05 bits per heavy atom. The van der Waals surface area contributed by atoms with Crippen LogP contribution in [0.25, 0.3) is 0 Å². The molecule has 1 aromatic heterocycles. The Morgan fingerprint density at radius 3 is 2.00 bits per heavy atom. The van der Waals surface area contributed by atoms with Crippen molar-refractivity contribution in [2.24, 2.45) is 5.41 Å². The summed E-state index contributed by atoms with van der Waals surface area (Å²) in [5.74, 6) is 0.871. The number of hydrogen-bond donors (Lipinski definition) is 1. The third kappa shape index (κ3) is 3.27. The summed E-state index contributed by atoms with van der Waals surface area (Å²) >= 11 is 0. The summed E-state index contributed by atoms with van der Waals surface area (Å²) in [5.41, 5.74) is 3.42. The fourth-order valence-corrected chi connectivity index (χ4v) is 3.23. The molecule has 1 aliphatic carbocycles. The lowest BCUT2D eigenvalue weighted by Gasteiger charge is -2.41. The summed E-state index contributed by atoms with van der Waals surface area (Å²) in [6, 6.07) is 0. The molecule has 0 radical (unpaired) electrons. The van der Waals surface area contributed by atoms with E-state index in [1.807, 2.05) is 7.05 Å². The van der Waals surface area contributed by atoms with Gasteiger partial charge in [-0.25, -0.2) is 9.97 Å². The first-order chi connectivity index (χ1) is 9.83. The second-order valence-corrected chi connectivity index (χ2v) is 7.09. The van der Waals surface area contributed by atoms with Crippen LogP contribution in [-0.2, 0) is 16.9 Å². The molecule has 1 aliphatic rings.